The molecule has 0 N–H and O–H groups in total. The van der Waals surface area contributed by atoms with E-state index in [0.29, 0.717) is 0 Å². The standard InChI is InChI=1S/C11H19.BrH.Mg/c1-3-5-7-9-11-10-8-6-4-2;;/h7,9-11H,1,3-6,8H2,2H3;1H;/q;;+1/p-1/b9-7+,11-10-;;. The van der Waals surface area contributed by atoms with Crippen LogP contribution < -0.4 is 0 Å². The van der Waals surface area contributed by atoms with Crippen LogP contribution in [0.15, 0.2) is 24.3 Å². The van der Waals surface area contributed by atoms with Gasteiger partial charge >= 0.3 is 18.2 Å². The van der Waals surface area contributed by atoms with Crippen LogP contribution in [0.2, 0.25) is 4.55 Å². The molecule has 0 aliphatic carbocycles. The number of rotatable bonds is 8. The van der Waals surface area contributed by atoms with E-state index in [0.717, 1.165) is 0 Å². The van der Waals surface area contributed by atoms with Gasteiger partial charge in [0.2, 0.25) is 0 Å². The predicted octanol–water partition coefficient (Wildman–Crippen LogP) is 4.50. The van der Waals surface area contributed by atoms with Crippen LogP contribution in [0.3, 0.4) is 0 Å². The summed E-state index contributed by atoms with van der Waals surface area (Å²) in [5.74, 6) is 0. The molecule has 0 nitrogen and oxygen atoms in total. The van der Waals surface area contributed by atoms with Gasteiger partial charge in [-0.05, 0) is 12.8 Å². The first kappa shape index (κ1) is 13.7. The SMILES string of the molecule is CCCC/C=C\C=C\CC[CH2][Mg][Br]. The first-order valence-corrected chi connectivity index (χ1v) is 10.2. The Morgan fingerprint density at radius 1 is 1.08 bits per heavy atom. The molecule has 0 atom stereocenters. The van der Waals surface area contributed by atoms with Gasteiger partial charge in [0, 0.05) is 0 Å². The van der Waals surface area contributed by atoms with Crippen molar-refractivity contribution in [3.8, 4) is 0 Å². The Hall–Kier alpha value is 0.726. The largest absolute Gasteiger partial charge is 0.468 e. The van der Waals surface area contributed by atoms with Crippen LogP contribution in [0, 0.1) is 0 Å². The molecule has 0 rings (SSSR count). The predicted molar refractivity (Wildman–Crippen MR) is 66.5 cm³/mol. The Kier molecular flexibility index (Phi) is 13.4. The van der Waals surface area contributed by atoms with E-state index >= 15 is 0 Å². The molecule has 72 valence electrons. The smallest absolute Gasteiger partial charge is 0.307 e. The maximum atomic E-state index is 3.56. The number of hydrogen-bond acceptors (Lipinski definition) is 0. The van der Waals surface area contributed by atoms with E-state index in [1.165, 1.54) is 36.7 Å². The minimum Gasteiger partial charge on any atom is -0.307 e. The van der Waals surface area contributed by atoms with Gasteiger partial charge in [0.15, 0.2) is 0 Å². The van der Waals surface area contributed by atoms with Gasteiger partial charge in [0.05, 0.1) is 0 Å². The van der Waals surface area contributed by atoms with Crippen LogP contribution in [-0.4, -0.2) is 18.2 Å². The second kappa shape index (κ2) is 12.7. The van der Waals surface area contributed by atoms with Crippen molar-refractivity contribution in [2.24, 2.45) is 0 Å². The molecule has 2 heteroatoms. The average Bonchev–Trinajstić information content (AvgIpc) is 2.16. The molecule has 0 aromatic heterocycles. The molecule has 13 heavy (non-hydrogen) atoms. The molecule has 0 aliphatic heterocycles. The quantitative estimate of drug-likeness (QED) is 0.340. The van der Waals surface area contributed by atoms with Gasteiger partial charge in [0.1, 0.15) is 0 Å². The second-order valence-electron chi connectivity index (χ2n) is 3.18. The molecule has 0 aromatic rings. The monoisotopic (exact) mass is 254 g/mol. The maximum Gasteiger partial charge on any atom is 0.468 e. The highest BCUT2D eigenvalue weighted by molar-refractivity contribution is 9.23. The van der Waals surface area contributed by atoms with E-state index in [4.69, 9.17) is 0 Å². The Balaban J connectivity index is 3.15. The molecule has 0 radical (unpaired) electrons. The molecule has 0 spiro atoms. The number of halogens is 1. The van der Waals surface area contributed by atoms with Crippen molar-refractivity contribution in [2.45, 2.75) is 43.6 Å². The third kappa shape index (κ3) is 12.7. The van der Waals surface area contributed by atoms with Gasteiger partial charge in [0.25, 0.3) is 0 Å². The van der Waals surface area contributed by atoms with Gasteiger partial charge in [-0.25, -0.2) is 0 Å². The first-order chi connectivity index (χ1) is 6.41. The summed E-state index contributed by atoms with van der Waals surface area (Å²) in [5.41, 5.74) is 0. The molecular weight excluding hydrogens is 236 g/mol. The fraction of sp³-hybridized carbons (Fsp3) is 0.636. The van der Waals surface area contributed by atoms with Gasteiger partial charge in [-0.15, -0.1) is 4.55 Å². The highest BCUT2D eigenvalue weighted by Gasteiger charge is 1.86. The Morgan fingerprint density at radius 3 is 2.23 bits per heavy atom. The van der Waals surface area contributed by atoms with Gasteiger partial charge in [-0.2, -0.15) is 0 Å². The average molecular weight is 255 g/mol. The molecule has 0 aromatic carbocycles. The van der Waals surface area contributed by atoms with Crippen molar-refractivity contribution in [1.82, 2.24) is 0 Å². The summed E-state index contributed by atoms with van der Waals surface area (Å²) in [6.45, 7) is 2.23. The van der Waals surface area contributed by atoms with Gasteiger partial charge in [-0.1, -0.05) is 50.5 Å². The third-order valence-electron chi connectivity index (χ3n) is 1.86. The van der Waals surface area contributed by atoms with Crippen molar-refractivity contribution in [2.75, 3.05) is 0 Å². The van der Waals surface area contributed by atoms with Crippen molar-refractivity contribution in [3.63, 3.8) is 0 Å². The van der Waals surface area contributed by atoms with Gasteiger partial charge in [-0.3, -0.25) is 0 Å². The van der Waals surface area contributed by atoms with Crippen LogP contribution >= 0.6 is 12.9 Å². The molecule has 0 aliphatic rings. The van der Waals surface area contributed by atoms with E-state index in [-0.39, 0.29) is 18.2 Å². The lowest BCUT2D eigenvalue weighted by molar-refractivity contribution is 0.815. The highest BCUT2D eigenvalue weighted by atomic mass is 79.9. The van der Waals surface area contributed by atoms with E-state index in [1.807, 2.05) is 0 Å². The normalized spacial score (nSPS) is 11.2. The number of unbranched alkanes of at least 4 members (excludes halogenated alkanes) is 3. The summed E-state index contributed by atoms with van der Waals surface area (Å²) >= 11 is 3.69. The first-order valence-electron chi connectivity index (χ1n) is 5.29. The van der Waals surface area contributed by atoms with E-state index < -0.39 is 0 Å². The Labute approximate surface area is 98.5 Å². The molecule has 0 saturated heterocycles. The second-order valence-corrected chi connectivity index (χ2v) is 6.65. The molecule has 0 saturated carbocycles. The fourth-order valence-electron chi connectivity index (χ4n) is 1.03. The summed E-state index contributed by atoms with van der Waals surface area (Å²) in [6.07, 6.45) is 15.4. The van der Waals surface area contributed by atoms with E-state index in [9.17, 15) is 0 Å². The minimum absolute atomic E-state index is 0.124. The van der Waals surface area contributed by atoms with Gasteiger partial charge < -0.3 is 12.9 Å². The summed E-state index contributed by atoms with van der Waals surface area (Å²) in [5, 5.41) is 0. The minimum atomic E-state index is 0.124. The molecule has 0 amide bonds. The molecule has 0 heterocycles. The van der Waals surface area contributed by atoms with Crippen molar-refractivity contribution < 1.29 is 0 Å². The van der Waals surface area contributed by atoms with Crippen LogP contribution in [0.25, 0.3) is 0 Å². The topological polar surface area (TPSA) is 0 Å². The van der Waals surface area contributed by atoms with Crippen molar-refractivity contribution >= 4 is 31.1 Å². The molecule has 0 fully saturated rings. The van der Waals surface area contributed by atoms with Crippen molar-refractivity contribution in [1.29, 1.82) is 0 Å². The zero-order valence-corrected chi connectivity index (χ0v) is 11.6. The lowest BCUT2D eigenvalue weighted by Crippen LogP contribution is -1.75. The zero-order valence-electron chi connectivity index (χ0n) is 8.64. The van der Waals surface area contributed by atoms with Crippen LogP contribution in [0.1, 0.15) is 39.0 Å². The van der Waals surface area contributed by atoms with Crippen molar-refractivity contribution in [3.05, 3.63) is 24.3 Å². The van der Waals surface area contributed by atoms with E-state index in [1.54, 1.807) is 0 Å². The Morgan fingerprint density at radius 2 is 1.69 bits per heavy atom. The number of allylic oxidation sites excluding steroid dienone is 4. The third-order valence-corrected chi connectivity index (χ3v) is 4.31. The summed E-state index contributed by atoms with van der Waals surface area (Å²) in [6, 6.07) is 0. The highest BCUT2D eigenvalue weighted by Crippen LogP contribution is 1.99. The Bertz CT molecular complexity index is 141. The van der Waals surface area contributed by atoms with Crippen LogP contribution in [-0.2, 0) is 0 Å². The molecule has 0 unspecified atom stereocenters. The fourth-order valence-corrected chi connectivity index (χ4v) is 2.70. The maximum absolute atomic E-state index is 3.56. The molecular formula is C11H19BrMg. The summed E-state index contributed by atoms with van der Waals surface area (Å²) < 4.78 is 1.42. The van der Waals surface area contributed by atoms with Crippen LogP contribution in [0.5, 0.6) is 0 Å². The van der Waals surface area contributed by atoms with E-state index in [2.05, 4.69) is 44.1 Å². The van der Waals surface area contributed by atoms with Crippen LogP contribution in [0.4, 0.5) is 0 Å². The lowest BCUT2D eigenvalue weighted by Gasteiger charge is -1.88. The zero-order chi connectivity index (χ0) is 9.78. The summed E-state index contributed by atoms with van der Waals surface area (Å²) in [4.78, 5) is 0. The number of hydrogen-bond donors (Lipinski definition) is 0. The molecule has 0 bridgehead atoms. The summed E-state index contributed by atoms with van der Waals surface area (Å²) in [7, 11) is 0. The lowest BCUT2D eigenvalue weighted by atomic mass is 10.2.